The molecule has 1 aliphatic rings. The SMILES string of the molecule is CN=C(NCCCCSC)N1CCN(c2ccc(F)cc2)CC1. The molecule has 4 nitrogen and oxygen atoms in total. The van der Waals surface area contributed by atoms with Crippen molar-refractivity contribution in [3.8, 4) is 0 Å². The summed E-state index contributed by atoms with van der Waals surface area (Å²) in [4.78, 5) is 8.99. The molecule has 0 unspecified atom stereocenters. The van der Waals surface area contributed by atoms with E-state index in [1.165, 1.54) is 30.7 Å². The van der Waals surface area contributed by atoms with Gasteiger partial charge in [-0.2, -0.15) is 11.8 Å². The van der Waals surface area contributed by atoms with Crippen molar-refractivity contribution in [3.63, 3.8) is 0 Å². The summed E-state index contributed by atoms with van der Waals surface area (Å²) in [6.45, 7) is 4.70. The zero-order valence-electron chi connectivity index (χ0n) is 14.1. The highest BCUT2D eigenvalue weighted by Gasteiger charge is 2.19. The first-order valence-electron chi connectivity index (χ1n) is 8.19. The van der Waals surface area contributed by atoms with Crippen LogP contribution in [0.25, 0.3) is 0 Å². The monoisotopic (exact) mass is 338 g/mol. The van der Waals surface area contributed by atoms with E-state index < -0.39 is 0 Å². The average molecular weight is 338 g/mol. The summed E-state index contributed by atoms with van der Waals surface area (Å²) in [7, 11) is 1.84. The van der Waals surface area contributed by atoms with Gasteiger partial charge in [-0.25, -0.2) is 4.39 Å². The van der Waals surface area contributed by atoms with E-state index in [9.17, 15) is 4.39 Å². The second-order valence-corrected chi connectivity index (χ2v) is 6.61. The Morgan fingerprint density at radius 3 is 2.48 bits per heavy atom. The summed E-state index contributed by atoms with van der Waals surface area (Å²) in [5.74, 6) is 2.03. The van der Waals surface area contributed by atoms with Crippen molar-refractivity contribution in [3.05, 3.63) is 30.1 Å². The third-order valence-electron chi connectivity index (χ3n) is 4.04. The quantitative estimate of drug-likeness (QED) is 0.491. The molecule has 1 saturated heterocycles. The first kappa shape index (κ1) is 17.9. The van der Waals surface area contributed by atoms with Gasteiger partial charge in [-0.15, -0.1) is 0 Å². The Hall–Kier alpha value is -1.43. The summed E-state index contributed by atoms with van der Waals surface area (Å²) in [5.41, 5.74) is 1.09. The van der Waals surface area contributed by atoms with E-state index in [1.807, 2.05) is 30.9 Å². The molecule has 2 rings (SSSR count). The van der Waals surface area contributed by atoms with Gasteiger partial charge in [0.15, 0.2) is 5.96 Å². The van der Waals surface area contributed by atoms with Crippen molar-refractivity contribution < 1.29 is 4.39 Å². The van der Waals surface area contributed by atoms with Gasteiger partial charge < -0.3 is 15.1 Å². The highest BCUT2D eigenvalue weighted by atomic mass is 32.2. The second-order valence-electron chi connectivity index (χ2n) is 5.62. The molecule has 1 heterocycles. The number of aliphatic imine (C=N–C) groups is 1. The van der Waals surface area contributed by atoms with Crippen molar-refractivity contribution in [1.29, 1.82) is 0 Å². The van der Waals surface area contributed by atoms with Crippen LogP contribution in [0.1, 0.15) is 12.8 Å². The minimum Gasteiger partial charge on any atom is -0.368 e. The van der Waals surface area contributed by atoms with Gasteiger partial charge in [-0.1, -0.05) is 0 Å². The lowest BCUT2D eigenvalue weighted by molar-refractivity contribution is 0.372. The zero-order valence-corrected chi connectivity index (χ0v) is 14.9. The fraction of sp³-hybridized carbons (Fsp3) is 0.588. The van der Waals surface area contributed by atoms with Gasteiger partial charge in [-0.05, 0) is 49.1 Å². The Kier molecular flexibility index (Phi) is 7.52. The molecule has 1 aromatic carbocycles. The molecule has 1 N–H and O–H groups in total. The molecule has 0 amide bonds. The average Bonchev–Trinajstić information content (AvgIpc) is 2.59. The predicted molar refractivity (Wildman–Crippen MR) is 99.2 cm³/mol. The maximum atomic E-state index is 13.0. The maximum absolute atomic E-state index is 13.0. The number of anilines is 1. The third kappa shape index (κ3) is 5.61. The summed E-state index contributed by atoms with van der Waals surface area (Å²) < 4.78 is 13.0. The molecule has 0 spiro atoms. The minimum absolute atomic E-state index is 0.182. The molecule has 0 radical (unpaired) electrons. The van der Waals surface area contributed by atoms with E-state index in [-0.39, 0.29) is 5.82 Å². The van der Waals surface area contributed by atoms with Gasteiger partial charge in [0.1, 0.15) is 5.82 Å². The Bertz CT molecular complexity index is 484. The number of unbranched alkanes of at least 4 members (excludes halogenated alkanes) is 1. The maximum Gasteiger partial charge on any atom is 0.193 e. The Balaban J connectivity index is 1.77. The second kappa shape index (κ2) is 9.65. The van der Waals surface area contributed by atoms with E-state index in [1.54, 1.807) is 0 Å². The van der Waals surface area contributed by atoms with Crippen LogP contribution in [0.2, 0.25) is 0 Å². The number of nitrogens with zero attached hydrogens (tertiary/aromatic N) is 3. The molecule has 0 saturated carbocycles. The van der Waals surface area contributed by atoms with E-state index in [0.717, 1.165) is 44.4 Å². The van der Waals surface area contributed by atoms with E-state index in [4.69, 9.17) is 0 Å². The number of guanidine groups is 1. The molecule has 0 atom stereocenters. The van der Waals surface area contributed by atoms with Gasteiger partial charge in [0.25, 0.3) is 0 Å². The van der Waals surface area contributed by atoms with Gasteiger partial charge in [0.05, 0.1) is 0 Å². The normalized spacial score (nSPS) is 15.9. The van der Waals surface area contributed by atoms with Crippen molar-refractivity contribution >= 4 is 23.4 Å². The summed E-state index contributed by atoms with van der Waals surface area (Å²) >= 11 is 1.90. The molecule has 0 bridgehead atoms. The van der Waals surface area contributed by atoms with Crippen LogP contribution in [0.4, 0.5) is 10.1 Å². The Morgan fingerprint density at radius 1 is 1.17 bits per heavy atom. The van der Waals surface area contributed by atoms with Crippen LogP contribution in [-0.2, 0) is 0 Å². The molecule has 1 aromatic rings. The van der Waals surface area contributed by atoms with Crippen LogP contribution in [-0.4, -0.2) is 62.6 Å². The van der Waals surface area contributed by atoms with Crippen LogP contribution in [0.5, 0.6) is 0 Å². The number of halogens is 1. The number of piperazine rings is 1. The molecule has 1 aliphatic heterocycles. The number of thioether (sulfide) groups is 1. The van der Waals surface area contributed by atoms with Gasteiger partial charge in [-0.3, -0.25) is 4.99 Å². The summed E-state index contributed by atoms with van der Waals surface area (Å²) in [5, 5.41) is 3.46. The van der Waals surface area contributed by atoms with Crippen LogP contribution in [0.3, 0.4) is 0 Å². The number of hydrogen-bond donors (Lipinski definition) is 1. The van der Waals surface area contributed by atoms with Crippen LogP contribution < -0.4 is 10.2 Å². The van der Waals surface area contributed by atoms with Crippen molar-refractivity contribution in [1.82, 2.24) is 10.2 Å². The van der Waals surface area contributed by atoms with Gasteiger partial charge in [0, 0.05) is 45.5 Å². The zero-order chi connectivity index (χ0) is 16.5. The van der Waals surface area contributed by atoms with Crippen molar-refractivity contribution in [2.75, 3.05) is 56.7 Å². The van der Waals surface area contributed by atoms with Gasteiger partial charge >= 0.3 is 0 Å². The lowest BCUT2D eigenvalue weighted by atomic mass is 10.2. The largest absolute Gasteiger partial charge is 0.368 e. The first-order chi connectivity index (χ1) is 11.2. The predicted octanol–water partition coefficient (Wildman–Crippen LogP) is 2.67. The van der Waals surface area contributed by atoms with Crippen molar-refractivity contribution in [2.24, 2.45) is 4.99 Å². The van der Waals surface area contributed by atoms with E-state index in [0.29, 0.717) is 0 Å². The summed E-state index contributed by atoms with van der Waals surface area (Å²) in [6.07, 6.45) is 4.56. The number of nitrogens with one attached hydrogen (secondary N) is 1. The topological polar surface area (TPSA) is 30.9 Å². The Morgan fingerprint density at radius 2 is 1.87 bits per heavy atom. The standard InChI is InChI=1S/C17H27FN4S/c1-19-17(20-9-3-4-14-23-2)22-12-10-21(11-13-22)16-7-5-15(18)6-8-16/h5-8H,3-4,9-14H2,1-2H3,(H,19,20). The molecular weight excluding hydrogens is 311 g/mol. The lowest BCUT2D eigenvalue weighted by Gasteiger charge is -2.37. The van der Waals surface area contributed by atoms with Crippen molar-refractivity contribution in [2.45, 2.75) is 12.8 Å². The first-order valence-corrected chi connectivity index (χ1v) is 9.59. The smallest absolute Gasteiger partial charge is 0.193 e. The lowest BCUT2D eigenvalue weighted by Crippen LogP contribution is -2.52. The third-order valence-corrected chi connectivity index (χ3v) is 4.74. The molecule has 1 fully saturated rings. The van der Waals surface area contributed by atoms with Crippen LogP contribution in [0, 0.1) is 5.82 Å². The highest BCUT2D eigenvalue weighted by Crippen LogP contribution is 2.16. The number of hydrogen-bond acceptors (Lipinski definition) is 3. The molecule has 6 heteroatoms. The molecule has 128 valence electrons. The molecular formula is C17H27FN4S. The highest BCUT2D eigenvalue weighted by molar-refractivity contribution is 7.98. The number of benzene rings is 1. The van der Waals surface area contributed by atoms with E-state index in [2.05, 4.69) is 26.4 Å². The fourth-order valence-corrected chi connectivity index (χ4v) is 3.23. The minimum atomic E-state index is -0.182. The number of rotatable bonds is 6. The van der Waals surface area contributed by atoms with Crippen LogP contribution in [0.15, 0.2) is 29.3 Å². The molecule has 23 heavy (non-hydrogen) atoms. The Labute approximate surface area is 143 Å². The summed E-state index contributed by atoms with van der Waals surface area (Å²) in [6, 6.07) is 6.75. The van der Waals surface area contributed by atoms with Crippen LogP contribution >= 0.6 is 11.8 Å². The van der Waals surface area contributed by atoms with Gasteiger partial charge in [0.2, 0.25) is 0 Å². The fourth-order valence-electron chi connectivity index (χ4n) is 2.73. The molecule has 0 aromatic heterocycles. The molecule has 0 aliphatic carbocycles. The van der Waals surface area contributed by atoms with E-state index >= 15 is 0 Å².